The van der Waals surface area contributed by atoms with Crippen LogP contribution in [0.5, 0.6) is 5.88 Å². The average Bonchev–Trinajstić information content (AvgIpc) is 3.53. The number of fused-ring (bicyclic) bond motifs is 1. The number of methoxy groups -OCH3 is 1. The van der Waals surface area contributed by atoms with Crippen LogP contribution in [0.4, 0.5) is 5.69 Å². The van der Waals surface area contributed by atoms with Crippen molar-refractivity contribution in [2.75, 3.05) is 32.1 Å². The van der Waals surface area contributed by atoms with Crippen molar-refractivity contribution in [3.8, 4) is 11.9 Å². The first-order valence-corrected chi connectivity index (χ1v) is 14.1. The number of nitrogens with zero attached hydrogens (tertiary/aromatic N) is 6. The van der Waals surface area contributed by atoms with E-state index >= 15 is 0 Å². The number of likely N-dealkylation sites (N-methyl/N-ethyl adjacent to an activating group) is 1. The summed E-state index contributed by atoms with van der Waals surface area (Å²) in [6, 6.07) is 12.0. The molecule has 1 saturated heterocycles. The van der Waals surface area contributed by atoms with E-state index in [-0.39, 0.29) is 39.2 Å². The molecule has 0 radical (unpaired) electrons. The molecule has 4 heterocycles. The van der Waals surface area contributed by atoms with E-state index < -0.39 is 27.5 Å². The van der Waals surface area contributed by atoms with Gasteiger partial charge < -0.3 is 9.64 Å². The fourth-order valence-corrected chi connectivity index (χ4v) is 7.01. The number of nitriles is 1. The summed E-state index contributed by atoms with van der Waals surface area (Å²) < 4.78 is 34.6. The summed E-state index contributed by atoms with van der Waals surface area (Å²) in [5.74, 6) is -0.962. The first-order chi connectivity index (χ1) is 19.1. The van der Waals surface area contributed by atoms with Crippen molar-refractivity contribution in [1.82, 2.24) is 19.8 Å². The minimum Gasteiger partial charge on any atom is -0.481 e. The van der Waals surface area contributed by atoms with Gasteiger partial charge in [-0.15, -0.1) is 0 Å². The minimum atomic E-state index is -4.51. The van der Waals surface area contributed by atoms with Gasteiger partial charge in [-0.05, 0) is 61.7 Å². The second-order valence-electron chi connectivity index (χ2n) is 9.95. The van der Waals surface area contributed by atoms with Gasteiger partial charge in [0.05, 0.1) is 30.5 Å². The molecule has 1 aromatic carbocycles. The van der Waals surface area contributed by atoms with E-state index in [1.165, 1.54) is 48.7 Å². The Kier molecular flexibility index (Phi) is 6.81. The topological polar surface area (TPSA) is 137 Å². The maximum Gasteiger partial charge on any atom is 0.288 e. The zero-order valence-electron chi connectivity index (χ0n) is 22.5. The van der Waals surface area contributed by atoms with E-state index in [0.717, 1.165) is 9.87 Å². The Morgan fingerprint density at radius 1 is 1.18 bits per heavy atom. The van der Waals surface area contributed by atoms with Crippen molar-refractivity contribution in [3.63, 3.8) is 0 Å². The molecule has 5 rings (SSSR count). The molecule has 1 unspecified atom stereocenters. The highest BCUT2D eigenvalue weighted by Crippen LogP contribution is 2.54. The third kappa shape index (κ3) is 3.92. The molecule has 11 nitrogen and oxygen atoms in total. The Morgan fingerprint density at radius 2 is 1.95 bits per heavy atom. The van der Waals surface area contributed by atoms with Crippen molar-refractivity contribution in [1.29, 1.82) is 5.26 Å². The summed E-state index contributed by atoms with van der Waals surface area (Å²) in [5, 5.41) is 9.49. The predicted molar refractivity (Wildman–Crippen MR) is 145 cm³/mol. The number of sulfonamides is 1. The van der Waals surface area contributed by atoms with E-state index in [4.69, 9.17) is 4.74 Å². The number of hydrogen-bond donors (Lipinski definition) is 0. The zero-order chi connectivity index (χ0) is 28.8. The SMILES string of the molecule is COc1ncccc1C1(N2CCC[C@H]2C(=O)N(C)C)C(=O)N(S(=O)(=O)c2ccc(C)cn2)c2ccc(C#N)cc21. The highest BCUT2D eigenvalue weighted by molar-refractivity contribution is 7.93. The number of carbonyl (C=O) groups is 2. The Labute approximate surface area is 232 Å². The van der Waals surface area contributed by atoms with E-state index in [9.17, 15) is 23.3 Å². The van der Waals surface area contributed by atoms with Crippen LogP contribution in [0.15, 0.2) is 59.9 Å². The molecule has 0 spiro atoms. The van der Waals surface area contributed by atoms with Gasteiger partial charge in [-0.1, -0.05) is 6.07 Å². The summed E-state index contributed by atoms with van der Waals surface area (Å²) >= 11 is 0. The van der Waals surface area contributed by atoms with E-state index in [1.807, 2.05) is 0 Å². The second-order valence-corrected chi connectivity index (χ2v) is 11.7. The number of aromatic nitrogens is 2. The Hall–Kier alpha value is -4.34. The van der Waals surface area contributed by atoms with Crippen LogP contribution in [0.1, 0.15) is 35.1 Å². The van der Waals surface area contributed by atoms with Crippen LogP contribution in [0.25, 0.3) is 0 Å². The van der Waals surface area contributed by atoms with Crippen LogP contribution < -0.4 is 9.04 Å². The number of aryl methyl sites for hydroxylation is 1. The molecule has 0 N–H and O–H groups in total. The number of anilines is 1. The van der Waals surface area contributed by atoms with Gasteiger partial charge in [0.15, 0.2) is 10.6 Å². The second kappa shape index (κ2) is 10.0. The fraction of sp³-hybridized carbons (Fsp3) is 0.321. The molecule has 2 atom stereocenters. The monoisotopic (exact) mass is 560 g/mol. The minimum absolute atomic E-state index is 0.0697. The standard InChI is InChI=1S/C28H28N6O5S/c1-18-9-12-24(31-17-18)40(37,38)34-22-11-10-19(16-29)15-21(22)28(27(34)36,20-7-5-13-30-25(20)39-4)33-14-6-8-23(33)26(35)32(2)3/h5,7,9-13,15,17,23H,6,8,14H2,1-4H3/t23-,28?/m0/s1. The van der Waals surface area contributed by atoms with Gasteiger partial charge in [0.2, 0.25) is 11.8 Å². The maximum atomic E-state index is 15.0. The number of hydrogen-bond acceptors (Lipinski definition) is 9. The molecule has 0 bridgehead atoms. The molecular weight excluding hydrogens is 532 g/mol. The number of carbonyl (C=O) groups excluding carboxylic acids is 2. The van der Waals surface area contributed by atoms with Gasteiger partial charge in [0, 0.05) is 44.2 Å². The lowest BCUT2D eigenvalue weighted by atomic mass is 9.81. The molecule has 2 aliphatic rings. The highest BCUT2D eigenvalue weighted by atomic mass is 32.2. The summed E-state index contributed by atoms with van der Waals surface area (Å²) in [7, 11) is 0.158. The van der Waals surface area contributed by atoms with Crippen LogP contribution in [0.2, 0.25) is 0 Å². The van der Waals surface area contributed by atoms with E-state index in [0.29, 0.717) is 19.4 Å². The maximum absolute atomic E-state index is 15.0. The Balaban J connectivity index is 1.87. The molecule has 1 fully saturated rings. The number of amides is 2. The predicted octanol–water partition coefficient (Wildman–Crippen LogP) is 2.20. The van der Waals surface area contributed by atoms with E-state index in [1.54, 1.807) is 44.1 Å². The highest BCUT2D eigenvalue weighted by Gasteiger charge is 2.63. The quantitative estimate of drug-likeness (QED) is 0.444. The lowest BCUT2D eigenvalue weighted by Gasteiger charge is -2.41. The smallest absolute Gasteiger partial charge is 0.288 e. The summed E-state index contributed by atoms with van der Waals surface area (Å²) in [5.41, 5.74) is -0.278. The van der Waals surface area contributed by atoms with Crippen molar-refractivity contribution in [2.24, 2.45) is 0 Å². The third-order valence-corrected chi connectivity index (χ3v) is 8.99. The number of rotatable bonds is 6. The molecule has 2 aromatic heterocycles. The van der Waals surface area contributed by atoms with Crippen molar-refractivity contribution >= 4 is 27.5 Å². The zero-order valence-corrected chi connectivity index (χ0v) is 23.3. The van der Waals surface area contributed by atoms with Crippen LogP contribution >= 0.6 is 0 Å². The first-order valence-electron chi connectivity index (χ1n) is 12.6. The molecule has 12 heteroatoms. The molecule has 3 aromatic rings. The average molecular weight is 561 g/mol. The van der Waals surface area contributed by atoms with Crippen LogP contribution in [0, 0.1) is 18.3 Å². The van der Waals surface area contributed by atoms with Gasteiger partial charge in [-0.25, -0.2) is 9.97 Å². The third-order valence-electron chi connectivity index (χ3n) is 7.38. The van der Waals surface area contributed by atoms with Gasteiger partial charge in [-0.3, -0.25) is 14.5 Å². The van der Waals surface area contributed by atoms with Crippen molar-refractivity contribution < 1.29 is 22.7 Å². The van der Waals surface area contributed by atoms with Gasteiger partial charge in [0.25, 0.3) is 15.9 Å². The molecule has 0 aliphatic carbocycles. The normalized spacial score (nSPS) is 20.7. The number of pyridine rings is 2. The van der Waals surface area contributed by atoms with Gasteiger partial charge in [-0.2, -0.15) is 18.0 Å². The van der Waals surface area contributed by atoms with Gasteiger partial charge >= 0.3 is 0 Å². The lowest BCUT2D eigenvalue weighted by molar-refractivity contribution is -0.138. The Morgan fingerprint density at radius 3 is 2.60 bits per heavy atom. The lowest BCUT2D eigenvalue weighted by Crippen LogP contribution is -2.59. The Bertz CT molecular complexity index is 1650. The van der Waals surface area contributed by atoms with E-state index in [2.05, 4.69) is 16.0 Å². The summed E-state index contributed by atoms with van der Waals surface area (Å²) in [6.45, 7) is 2.08. The largest absolute Gasteiger partial charge is 0.481 e. The van der Waals surface area contributed by atoms with Gasteiger partial charge in [0.1, 0.15) is 0 Å². The molecular formula is C28H28N6O5S. The summed E-state index contributed by atoms with van der Waals surface area (Å²) in [4.78, 5) is 40.0. The van der Waals surface area contributed by atoms with Crippen LogP contribution in [-0.4, -0.2) is 73.8 Å². The number of likely N-dealkylation sites (tertiary alicyclic amines) is 1. The molecule has 2 aliphatic heterocycles. The van der Waals surface area contributed by atoms with Crippen LogP contribution in [0.3, 0.4) is 0 Å². The van der Waals surface area contributed by atoms with Crippen molar-refractivity contribution in [3.05, 3.63) is 77.1 Å². The fourth-order valence-electron chi connectivity index (χ4n) is 5.63. The van der Waals surface area contributed by atoms with Crippen molar-refractivity contribution in [2.45, 2.75) is 36.4 Å². The number of ether oxygens (including phenoxy) is 1. The molecule has 0 saturated carbocycles. The first kappa shape index (κ1) is 27.2. The molecule has 40 heavy (non-hydrogen) atoms. The molecule has 2 amide bonds. The number of benzene rings is 1. The summed E-state index contributed by atoms with van der Waals surface area (Å²) in [6.07, 6.45) is 3.95. The van der Waals surface area contributed by atoms with Crippen LogP contribution in [-0.2, 0) is 25.2 Å². The molecule has 206 valence electrons.